The fourth-order valence-corrected chi connectivity index (χ4v) is 2.07. The van der Waals surface area contributed by atoms with Crippen LogP contribution in [-0.2, 0) is 18.4 Å². The second kappa shape index (κ2) is 2.75. The molecule has 9 heteroatoms. The molecule has 3 saturated heterocycles. The third-order valence-electron chi connectivity index (χ3n) is 1.79. The molecule has 0 unspecified atom stereocenters. The molecule has 1 aromatic rings. The lowest BCUT2D eigenvalue weighted by Gasteiger charge is -2.21. The van der Waals surface area contributed by atoms with Gasteiger partial charge in [0.05, 0.1) is 5.34 Å². The molecule has 0 saturated carbocycles. The van der Waals surface area contributed by atoms with Gasteiger partial charge in [-0.3, -0.25) is 0 Å². The fourth-order valence-electron chi connectivity index (χ4n) is 1.19. The minimum atomic E-state index is -3.64. The van der Waals surface area contributed by atoms with Gasteiger partial charge in [-0.25, -0.2) is 13.3 Å². The van der Waals surface area contributed by atoms with Gasteiger partial charge in [0, 0.05) is 0 Å². The average Bonchev–Trinajstić information content (AvgIpc) is 2.57. The van der Waals surface area contributed by atoms with Crippen LogP contribution in [0.5, 0.6) is 0 Å². The second-order valence-electron chi connectivity index (χ2n) is 2.77. The first-order chi connectivity index (χ1) is 7.09. The van der Waals surface area contributed by atoms with Crippen LogP contribution < -0.4 is 5.17 Å². The third-order valence-corrected chi connectivity index (χ3v) is 2.83. The van der Waals surface area contributed by atoms with Crippen molar-refractivity contribution in [2.45, 2.75) is 0 Å². The van der Waals surface area contributed by atoms with Crippen LogP contribution >= 0.6 is 7.82 Å². The number of rotatable bonds is 1. The minimum absolute atomic E-state index is 0.502. The van der Waals surface area contributed by atoms with E-state index in [0.717, 1.165) is 12.1 Å². The summed E-state index contributed by atoms with van der Waals surface area (Å²) in [6, 6.07) is 3.23. The number of para-hydroxylation sites is 1. The maximum absolute atomic E-state index is 13.2. The summed E-state index contributed by atoms with van der Waals surface area (Å²) >= 11 is 0. The number of hydrogen-bond acceptors (Lipinski definition) is 6. The molecule has 3 aliphatic heterocycles. The third kappa shape index (κ3) is 1.20. The van der Waals surface area contributed by atoms with Crippen molar-refractivity contribution >= 4 is 13.5 Å². The van der Waals surface area contributed by atoms with E-state index in [1.54, 1.807) is 0 Å². The first kappa shape index (κ1) is 9.20. The fraction of sp³-hybridized carbons (Fsp3) is 0. The predicted octanol–water partition coefficient (Wildman–Crippen LogP) is 1.92. The molecular formula is C6H3F2N2O4P. The molecule has 2 bridgehead atoms. The minimum Gasteiger partial charge on any atom is -0.222 e. The molecule has 1 aromatic carbocycles. The Morgan fingerprint density at radius 3 is 2.20 bits per heavy atom. The van der Waals surface area contributed by atoms with Crippen molar-refractivity contribution in [3.8, 4) is 0 Å². The lowest BCUT2D eigenvalue weighted by molar-refractivity contribution is -0.319. The van der Waals surface area contributed by atoms with E-state index in [1.165, 1.54) is 6.07 Å². The molecule has 3 aliphatic rings. The molecule has 0 radical (unpaired) electrons. The van der Waals surface area contributed by atoms with Crippen LogP contribution in [0.4, 0.5) is 14.5 Å². The zero-order valence-corrected chi connectivity index (χ0v) is 7.86. The van der Waals surface area contributed by atoms with Gasteiger partial charge in [-0.05, 0) is 12.1 Å². The van der Waals surface area contributed by atoms with E-state index in [0.29, 0.717) is 10.5 Å². The summed E-state index contributed by atoms with van der Waals surface area (Å²) in [7, 11) is -3.64. The largest absolute Gasteiger partial charge is 0.538 e. The van der Waals surface area contributed by atoms with E-state index in [4.69, 9.17) is 0 Å². The van der Waals surface area contributed by atoms with Gasteiger partial charge in [0.1, 0.15) is 0 Å². The molecule has 0 aliphatic carbocycles. The summed E-state index contributed by atoms with van der Waals surface area (Å²) in [6.07, 6.45) is 0. The van der Waals surface area contributed by atoms with Crippen molar-refractivity contribution in [1.29, 1.82) is 0 Å². The Labute approximate surface area is 82.0 Å². The van der Waals surface area contributed by atoms with Gasteiger partial charge in [0.25, 0.3) is 0 Å². The number of hydrogen-bond donors (Lipinski definition) is 0. The summed E-state index contributed by atoms with van der Waals surface area (Å²) in [5.74, 6) is -1.77. The molecule has 15 heavy (non-hydrogen) atoms. The Morgan fingerprint density at radius 2 is 1.73 bits per heavy atom. The average molecular weight is 236 g/mol. The lowest BCUT2D eigenvalue weighted by Crippen LogP contribution is -2.35. The van der Waals surface area contributed by atoms with E-state index < -0.39 is 25.1 Å². The van der Waals surface area contributed by atoms with Crippen molar-refractivity contribution in [3.05, 3.63) is 29.8 Å². The standard InChI is InChI=1S/C6H3F2N2O4P/c7-4-2-1-3-5(8)6(4)9-10-13-15(11,12-9)14-10/h1-3H. The zero-order valence-electron chi connectivity index (χ0n) is 6.96. The lowest BCUT2D eigenvalue weighted by atomic mass is 10.3. The van der Waals surface area contributed by atoms with E-state index in [1.807, 2.05) is 0 Å². The Hall–Kier alpha value is -1.05. The van der Waals surface area contributed by atoms with Gasteiger partial charge in [-0.15, -0.1) is 19.0 Å². The molecule has 0 aromatic heterocycles. The topological polar surface area (TPSA) is 51.2 Å². The molecule has 0 atom stereocenters. The Morgan fingerprint density at radius 1 is 1.13 bits per heavy atom. The van der Waals surface area contributed by atoms with Gasteiger partial charge < -0.3 is 0 Å². The SMILES string of the molecule is O=P12ON(O1)N(c1c(F)cccc1F)O2. The van der Waals surface area contributed by atoms with Crippen LogP contribution in [0, 0.1) is 11.6 Å². The molecule has 0 amide bonds. The molecule has 0 spiro atoms. The molecule has 80 valence electrons. The summed E-state index contributed by atoms with van der Waals surface area (Å²) < 4.78 is 51.0. The van der Waals surface area contributed by atoms with Crippen molar-refractivity contribution in [2.75, 3.05) is 5.17 Å². The number of benzene rings is 1. The highest BCUT2D eigenvalue weighted by Gasteiger charge is 2.61. The Balaban J connectivity index is 2.04. The molecule has 0 N–H and O–H groups in total. The molecule has 3 fully saturated rings. The predicted molar refractivity (Wildman–Crippen MR) is 41.5 cm³/mol. The van der Waals surface area contributed by atoms with Crippen LogP contribution in [0.1, 0.15) is 0 Å². The molecule has 6 nitrogen and oxygen atoms in total. The Bertz CT molecular complexity index is 454. The van der Waals surface area contributed by atoms with Crippen LogP contribution in [0.3, 0.4) is 0 Å². The normalized spacial score (nSPS) is 32.9. The van der Waals surface area contributed by atoms with E-state index in [2.05, 4.69) is 13.9 Å². The Kier molecular flexibility index (Phi) is 1.68. The number of hydrazine groups is 1. The maximum atomic E-state index is 13.2. The van der Waals surface area contributed by atoms with Crippen LogP contribution in [0.25, 0.3) is 0 Å². The van der Waals surface area contributed by atoms with Crippen molar-refractivity contribution in [2.24, 2.45) is 0 Å². The highest BCUT2D eigenvalue weighted by Crippen LogP contribution is 2.67. The smallest absolute Gasteiger partial charge is 0.222 e. The van der Waals surface area contributed by atoms with E-state index in [-0.39, 0.29) is 0 Å². The monoisotopic (exact) mass is 236 g/mol. The number of nitrogens with zero attached hydrogens (tertiary/aromatic N) is 2. The van der Waals surface area contributed by atoms with Gasteiger partial charge in [0.2, 0.25) is 0 Å². The number of halogens is 2. The van der Waals surface area contributed by atoms with Gasteiger partial charge >= 0.3 is 7.82 Å². The summed E-state index contributed by atoms with van der Waals surface area (Å²) in [5, 5.41) is 1.02. The van der Waals surface area contributed by atoms with E-state index in [9.17, 15) is 13.3 Å². The van der Waals surface area contributed by atoms with Crippen LogP contribution in [0.2, 0.25) is 0 Å². The summed E-state index contributed by atoms with van der Waals surface area (Å²) in [6.45, 7) is 0. The number of anilines is 1. The first-order valence-corrected chi connectivity index (χ1v) is 5.28. The maximum Gasteiger partial charge on any atom is 0.538 e. The van der Waals surface area contributed by atoms with E-state index >= 15 is 0 Å². The van der Waals surface area contributed by atoms with Crippen LogP contribution in [0.15, 0.2) is 18.2 Å². The van der Waals surface area contributed by atoms with Crippen molar-refractivity contribution in [3.63, 3.8) is 0 Å². The quantitative estimate of drug-likeness (QED) is 0.694. The first-order valence-electron chi connectivity index (χ1n) is 3.82. The zero-order chi connectivity index (χ0) is 10.6. The summed E-state index contributed by atoms with van der Waals surface area (Å²) in [5.41, 5.74) is -0.548. The molecular weight excluding hydrogens is 233 g/mol. The highest BCUT2D eigenvalue weighted by atomic mass is 31.2. The summed E-state index contributed by atoms with van der Waals surface area (Å²) in [4.78, 5) is 0. The van der Waals surface area contributed by atoms with Crippen molar-refractivity contribution < 1.29 is 27.2 Å². The van der Waals surface area contributed by atoms with Gasteiger partial charge in [0.15, 0.2) is 17.3 Å². The van der Waals surface area contributed by atoms with Gasteiger partial charge in [-0.1, -0.05) is 6.07 Å². The highest BCUT2D eigenvalue weighted by molar-refractivity contribution is 7.49. The number of fused-ring (bicyclic) bond motifs is 1. The van der Waals surface area contributed by atoms with Gasteiger partial charge in [-0.2, -0.15) is 0 Å². The molecule has 3 heterocycles. The van der Waals surface area contributed by atoms with Crippen LogP contribution in [-0.4, -0.2) is 5.34 Å². The molecule has 4 rings (SSSR count). The number of phosphoric acid groups is 1. The second-order valence-corrected chi connectivity index (χ2v) is 4.16. The van der Waals surface area contributed by atoms with Crippen molar-refractivity contribution in [1.82, 2.24) is 5.34 Å².